The number of imide groups is 1. The average Bonchev–Trinajstić information content (AvgIpc) is 3.48. The third-order valence-electron chi connectivity index (χ3n) is 5.17. The van der Waals surface area contributed by atoms with Crippen molar-refractivity contribution in [3.05, 3.63) is 80.6 Å². The first kappa shape index (κ1) is 19.7. The number of rotatable bonds is 5. The van der Waals surface area contributed by atoms with Crippen LogP contribution in [0.25, 0.3) is 5.57 Å². The Bertz CT molecular complexity index is 1240. The molecule has 0 saturated carbocycles. The first-order valence-electron chi connectivity index (χ1n) is 9.57. The quantitative estimate of drug-likeness (QED) is 0.561. The number of fused-ring (bicyclic) bond motifs is 1. The Labute approximate surface area is 187 Å². The van der Waals surface area contributed by atoms with Gasteiger partial charge in [-0.15, -0.1) is 11.3 Å². The summed E-state index contributed by atoms with van der Waals surface area (Å²) in [6.45, 7) is 2.20. The van der Waals surface area contributed by atoms with Gasteiger partial charge < -0.3 is 14.8 Å². The van der Waals surface area contributed by atoms with E-state index in [9.17, 15) is 9.59 Å². The molecular weight excluding hydrogens is 436 g/mol. The Morgan fingerprint density at radius 3 is 2.71 bits per heavy atom. The van der Waals surface area contributed by atoms with Gasteiger partial charge >= 0.3 is 0 Å². The van der Waals surface area contributed by atoms with Gasteiger partial charge in [0.25, 0.3) is 11.8 Å². The van der Waals surface area contributed by atoms with Gasteiger partial charge in [0.1, 0.15) is 5.70 Å². The highest BCUT2D eigenvalue weighted by molar-refractivity contribution is 7.11. The van der Waals surface area contributed by atoms with Crippen LogP contribution in [0.2, 0.25) is 5.02 Å². The fraction of sp³-hybridized carbons (Fsp3) is 0.130. The third kappa shape index (κ3) is 3.56. The number of hydrogen-bond acceptors (Lipinski definition) is 6. The number of anilines is 1. The number of nitrogens with one attached hydrogen (secondary N) is 1. The lowest BCUT2D eigenvalue weighted by molar-refractivity contribution is -0.137. The van der Waals surface area contributed by atoms with Crippen molar-refractivity contribution in [1.29, 1.82) is 0 Å². The Kier molecular flexibility index (Phi) is 4.92. The molecule has 0 radical (unpaired) electrons. The minimum atomic E-state index is -0.384. The van der Waals surface area contributed by atoms with Crippen LogP contribution >= 0.6 is 22.9 Å². The van der Waals surface area contributed by atoms with Gasteiger partial charge in [-0.05, 0) is 53.8 Å². The molecule has 8 heteroatoms. The van der Waals surface area contributed by atoms with Crippen LogP contribution in [0.1, 0.15) is 16.0 Å². The predicted octanol–water partition coefficient (Wildman–Crippen LogP) is 4.83. The molecule has 0 saturated heterocycles. The van der Waals surface area contributed by atoms with Gasteiger partial charge in [-0.25, -0.2) is 0 Å². The van der Waals surface area contributed by atoms with Gasteiger partial charge in [0, 0.05) is 15.6 Å². The smallest absolute Gasteiger partial charge is 0.278 e. The second kappa shape index (κ2) is 7.76. The number of benzene rings is 2. The molecule has 31 heavy (non-hydrogen) atoms. The number of carbonyl (C=O) groups is 2. The Morgan fingerprint density at radius 2 is 1.90 bits per heavy atom. The Morgan fingerprint density at radius 1 is 1.06 bits per heavy atom. The summed E-state index contributed by atoms with van der Waals surface area (Å²) >= 11 is 7.56. The minimum absolute atomic E-state index is 0.128. The van der Waals surface area contributed by atoms with Crippen LogP contribution in [-0.4, -0.2) is 23.5 Å². The van der Waals surface area contributed by atoms with Crippen LogP contribution < -0.4 is 14.8 Å². The molecule has 0 fully saturated rings. The summed E-state index contributed by atoms with van der Waals surface area (Å²) < 4.78 is 10.8. The van der Waals surface area contributed by atoms with Crippen molar-refractivity contribution in [1.82, 2.24) is 4.90 Å². The average molecular weight is 453 g/mol. The standard InChI is InChI=1S/C23H17ClN2O4S/c1-13-4-6-15(24)10-16(13)25-21-20(19-3-2-8-31-19)22(27)26(23(21)28)11-14-5-7-17-18(9-14)30-12-29-17/h2-10,25H,11-12H2,1H3. The molecule has 0 spiro atoms. The summed E-state index contributed by atoms with van der Waals surface area (Å²) in [6, 6.07) is 14.5. The number of halogens is 1. The van der Waals surface area contributed by atoms with E-state index in [1.165, 1.54) is 16.2 Å². The van der Waals surface area contributed by atoms with E-state index in [-0.39, 0.29) is 30.8 Å². The van der Waals surface area contributed by atoms with E-state index in [1.54, 1.807) is 24.3 Å². The second-order valence-electron chi connectivity index (χ2n) is 7.20. The Hall–Kier alpha value is -3.29. The van der Waals surface area contributed by atoms with Crippen molar-refractivity contribution in [3.8, 4) is 11.5 Å². The summed E-state index contributed by atoms with van der Waals surface area (Å²) in [4.78, 5) is 28.7. The monoisotopic (exact) mass is 452 g/mol. The molecule has 2 aromatic carbocycles. The molecule has 3 aromatic rings. The minimum Gasteiger partial charge on any atom is -0.454 e. The van der Waals surface area contributed by atoms with E-state index in [0.29, 0.717) is 27.8 Å². The summed E-state index contributed by atoms with van der Waals surface area (Å²) in [7, 11) is 0. The summed E-state index contributed by atoms with van der Waals surface area (Å²) in [5.74, 6) is 0.535. The van der Waals surface area contributed by atoms with Crippen molar-refractivity contribution in [2.45, 2.75) is 13.5 Å². The highest BCUT2D eigenvalue weighted by Crippen LogP contribution is 2.36. The van der Waals surface area contributed by atoms with Crippen LogP contribution in [0.5, 0.6) is 11.5 Å². The number of thiophene rings is 1. The lowest BCUT2D eigenvalue weighted by atomic mass is 10.1. The number of hydrogen-bond donors (Lipinski definition) is 1. The van der Waals surface area contributed by atoms with E-state index < -0.39 is 0 Å². The van der Waals surface area contributed by atoms with Crippen molar-refractivity contribution < 1.29 is 19.1 Å². The first-order valence-corrected chi connectivity index (χ1v) is 10.8. The Balaban J connectivity index is 1.50. The molecule has 0 atom stereocenters. The maximum atomic E-state index is 13.4. The van der Waals surface area contributed by atoms with Crippen LogP contribution in [0.15, 0.2) is 59.6 Å². The molecule has 2 aliphatic heterocycles. The molecule has 1 aromatic heterocycles. The second-order valence-corrected chi connectivity index (χ2v) is 8.58. The number of nitrogens with zero attached hydrogens (tertiary/aromatic N) is 1. The van der Waals surface area contributed by atoms with Gasteiger partial charge in [0.2, 0.25) is 6.79 Å². The normalized spacial score (nSPS) is 15.2. The zero-order chi connectivity index (χ0) is 21.5. The van der Waals surface area contributed by atoms with Crippen molar-refractivity contribution in [3.63, 3.8) is 0 Å². The molecule has 5 rings (SSSR count). The summed E-state index contributed by atoms with van der Waals surface area (Å²) in [6.07, 6.45) is 0. The zero-order valence-corrected chi connectivity index (χ0v) is 18.0. The molecule has 0 unspecified atom stereocenters. The van der Waals surface area contributed by atoms with Crippen molar-refractivity contribution in [2.24, 2.45) is 0 Å². The van der Waals surface area contributed by atoms with Gasteiger partial charge in [-0.2, -0.15) is 0 Å². The predicted molar refractivity (Wildman–Crippen MR) is 119 cm³/mol. The largest absolute Gasteiger partial charge is 0.454 e. The van der Waals surface area contributed by atoms with Crippen LogP contribution in [-0.2, 0) is 16.1 Å². The van der Waals surface area contributed by atoms with Crippen LogP contribution in [0, 0.1) is 6.92 Å². The van der Waals surface area contributed by atoms with E-state index in [2.05, 4.69) is 5.32 Å². The molecule has 0 aliphatic carbocycles. The topological polar surface area (TPSA) is 67.9 Å². The molecule has 2 amide bonds. The maximum absolute atomic E-state index is 13.4. The SMILES string of the molecule is Cc1ccc(Cl)cc1NC1=C(c2cccs2)C(=O)N(Cc2ccc3c(c2)OCO3)C1=O. The zero-order valence-electron chi connectivity index (χ0n) is 16.5. The number of carbonyl (C=O) groups excluding carboxylic acids is 2. The van der Waals surface area contributed by atoms with Crippen molar-refractivity contribution >= 4 is 46.0 Å². The lowest BCUT2D eigenvalue weighted by Crippen LogP contribution is -2.32. The van der Waals surface area contributed by atoms with Gasteiger partial charge in [-0.3, -0.25) is 14.5 Å². The molecule has 156 valence electrons. The summed E-state index contributed by atoms with van der Waals surface area (Å²) in [5.41, 5.74) is 2.98. The number of aryl methyl sites for hydroxylation is 1. The van der Waals surface area contributed by atoms with Crippen molar-refractivity contribution in [2.75, 3.05) is 12.1 Å². The van der Waals surface area contributed by atoms with Crippen LogP contribution in [0.3, 0.4) is 0 Å². The molecule has 3 heterocycles. The molecule has 2 aliphatic rings. The van der Waals surface area contributed by atoms with Crippen LogP contribution in [0.4, 0.5) is 5.69 Å². The van der Waals surface area contributed by atoms with Gasteiger partial charge in [0.05, 0.1) is 12.1 Å². The fourth-order valence-electron chi connectivity index (χ4n) is 3.57. The highest BCUT2D eigenvalue weighted by Gasteiger charge is 2.40. The van der Waals surface area contributed by atoms with E-state index in [0.717, 1.165) is 16.0 Å². The van der Waals surface area contributed by atoms with E-state index in [1.807, 2.05) is 36.6 Å². The fourth-order valence-corrected chi connectivity index (χ4v) is 4.51. The lowest BCUT2D eigenvalue weighted by Gasteiger charge is -2.16. The number of amides is 2. The molecule has 1 N–H and O–H groups in total. The first-order chi connectivity index (χ1) is 15.0. The van der Waals surface area contributed by atoms with E-state index >= 15 is 0 Å². The summed E-state index contributed by atoms with van der Waals surface area (Å²) in [5, 5.41) is 5.59. The van der Waals surface area contributed by atoms with Gasteiger partial charge in [0.15, 0.2) is 11.5 Å². The van der Waals surface area contributed by atoms with E-state index in [4.69, 9.17) is 21.1 Å². The molecular formula is C23H17ClN2O4S. The molecule has 0 bridgehead atoms. The number of ether oxygens (including phenoxy) is 2. The third-order valence-corrected chi connectivity index (χ3v) is 6.30. The highest BCUT2D eigenvalue weighted by atomic mass is 35.5. The maximum Gasteiger partial charge on any atom is 0.278 e. The van der Waals surface area contributed by atoms with Gasteiger partial charge in [-0.1, -0.05) is 29.8 Å². The molecule has 6 nitrogen and oxygen atoms in total.